The lowest BCUT2D eigenvalue weighted by atomic mass is 10.2. The predicted octanol–water partition coefficient (Wildman–Crippen LogP) is 6.29. The van der Waals surface area contributed by atoms with Gasteiger partial charge in [-0.15, -0.1) is 0 Å². The molecule has 0 aromatic rings. The summed E-state index contributed by atoms with van der Waals surface area (Å²) in [6, 6.07) is 0. The van der Waals surface area contributed by atoms with E-state index in [9.17, 15) is 0 Å². The Balaban J connectivity index is 0. The average Bonchev–Trinajstić information content (AvgIpc) is 2.30. The van der Waals surface area contributed by atoms with Gasteiger partial charge >= 0.3 is 0 Å². The van der Waals surface area contributed by atoms with Crippen molar-refractivity contribution in [3.05, 3.63) is 36.6 Å². The van der Waals surface area contributed by atoms with Crippen LogP contribution in [0.25, 0.3) is 0 Å². The third-order valence-corrected chi connectivity index (χ3v) is 2.04. The van der Waals surface area contributed by atoms with Crippen LogP contribution in [0.2, 0.25) is 0 Å². The highest BCUT2D eigenvalue weighted by molar-refractivity contribution is 5.60. The molecule has 0 bridgehead atoms. The van der Waals surface area contributed by atoms with E-state index in [1.807, 2.05) is 12.4 Å². The standard InChI is InChI=1S/C10H18.C9H17N/c1-9(2)7-5-6-8-10(3)4;1-8(2)5-6-10-7-9(3)4/h5-10H,1-4H3;5-9H,1-4H3/b7-5-,8-6-;6-5-,10-7?. The molecule has 0 fully saturated rings. The Bertz CT molecular complexity index is 238. The van der Waals surface area contributed by atoms with Gasteiger partial charge in [0.15, 0.2) is 0 Å². The highest BCUT2D eigenvalue weighted by atomic mass is 14.7. The molecule has 0 saturated carbocycles. The third-order valence-electron chi connectivity index (χ3n) is 2.04. The first kappa shape index (κ1) is 21.2. The van der Waals surface area contributed by atoms with Gasteiger partial charge in [0, 0.05) is 12.4 Å². The van der Waals surface area contributed by atoms with E-state index in [1.54, 1.807) is 0 Å². The highest BCUT2D eigenvalue weighted by Crippen LogP contribution is 1.96. The molecule has 0 heterocycles. The number of nitrogens with zero attached hydrogens (tertiary/aromatic N) is 1. The van der Waals surface area contributed by atoms with E-state index in [0.29, 0.717) is 23.7 Å². The minimum atomic E-state index is 0.553. The molecule has 0 spiro atoms. The Morgan fingerprint density at radius 3 is 1.25 bits per heavy atom. The Morgan fingerprint density at radius 2 is 0.950 bits per heavy atom. The predicted molar refractivity (Wildman–Crippen MR) is 95.3 cm³/mol. The second kappa shape index (κ2) is 14.3. The molecule has 0 amide bonds. The first-order valence-corrected chi connectivity index (χ1v) is 7.80. The summed E-state index contributed by atoms with van der Waals surface area (Å²) < 4.78 is 0. The van der Waals surface area contributed by atoms with E-state index >= 15 is 0 Å². The second-order valence-electron chi connectivity index (χ2n) is 6.39. The fourth-order valence-electron chi connectivity index (χ4n) is 1.02. The van der Waals surface area contributed by atoms with Gasteiger partial charge in [-0.1, -0.05) is 85.8 Å². The summed E-state index contributed by atoms with van der Waals surface area (Å²) in [6.45, 7) is 17.2. The fraction of sp³-hybridized carbons (Fsp3) is 0.632. The molecule has 1 nitrogen and oxygen atoms in total. The minimum Gasteiger partial charge on any atom is -0.269 e. The van der Waals surface area contributed by atoms with Crippen molar-refractivity contribution in [2.45, 2.75) is 55.4 Å². The molecule has 1 heteroatoms. The number of hydrogen-bond donors (Lipinski definition) is 0. The van der Waals surface area contributed by atoms with E-state index in [-0.39, 0.29) is 0 Å². The number of aliphatic imine (C=N–C) groups is 1. The fourth-order valence-corrected chi connectivity index (χ4v) is 1.02. The number of allylic oxidation sites excluding steroid dienone is 5. The first-order valence-electron chi connectivity index (χ1n) is 7.80. The zero-order valence-corrected chi connectivity index (χ0v) is 14.8. The van der Waals surface area contributed by atoms with Gasteiger partial charge in [0.2, 0.25) is 0 Å². The quantitative estimate of drug-likeness (QED) is 0.399. The van der Waals surface area contributed by atoms with Crippen LogP contribution in [-0.2, 0) is 0 Å². The van der Waals surface area contributed by atoms with Crippen molar-refractivity contribution in [3.63, 3.8) is 0 Å². The smallest absolute Gasteiger partial charge is 0.0226 e. The summed E-state index contributed by atoms with van der Waals surface area (Å²) in [7, 11) is 0. The molecule has 0 rings (SSSR count). The van der Waals surface area contributed by atoms with Crippen molar-refractivity contribution < 1.29 is 0 Å². The van der Waals surface area contributed by atoms with Crippen LogP contribution in [0.1, 0.15) is 55.4 Å². The summed E-state index contributed by atoms with van der Waals surface area (Å²) in [4.78, 5) is 4.11. The molecule has 0 N–H and O–H groups in total. The SMILES string of the molecule is CC(C)/C=C\C=C/C(C)C.CC(C)C=N/C=C\C(C)C. The number of rotatable bonds is 6. The Morgan fingerprint density at radius 1 is 0.550 bits per heavy atom. The van der Waals surface area contributed by atoms with Crippen molar-refractivity contribution in [3.8, 4) is 0 Å². The summed E-state index contributed by atoms with van der Waals surface area (Å²) in [5.41, 5.74) is 0. The lowest BCUT2D eigenvalue weighted by molar-refractivity contribution is 0.825. The van der Waals surface area contributed by atoms with E-state index in [4.69, 9.17) is 0 Å². The van der Waals surface area contributed by atoms with Crippen molar-refractivity contribution in [1.82, 2.24) is 0 Å². The molecule has 0 aliphatic rings. The molecular formula is C19H35N. The molecule has 0 aliphatic heterocycles. The third kappa shape index (κ3) is 25.7. The Labute approximate surface area is 127 Å². The maximum Gasteiger partial charge on any atom is 0.0226 e. The Kier molecular flexibility index (Phi) is 15.2. The zero-order chi connectivity index (χ0) is 16.0. The molecule has 116 valence electrons. The van der Waals surface area contributed by atoms with E-state index in [0.717, 1.165) is 0 Å². The Hall–Kier alpha value is -1.11. The minimum absolute atomic E-state index is 0.553. The summed E-state index contributed by atoms with van der Waals surface area (Å²) in [5.74, 6) is 2.48. The van der Waals surface area contributed by atoms with Crippen molar-refractivity contribution >= 4 is 6.21 Å². The summed E-state index contributed by atoms with van der Waals surface area (Å²) in [6.07, 6.45) is 14.5. The monoisotopic (exact) mass is 277 g/mol. The van der Waals surface area contributed by atoms with Gasteiger partial charge in [-0.25, -0.2) is 0 Å². The molecule has 20 heavy (non-hydrogen) atoms. The molecule has 0 aliphatic carbocycles. The lowest BCUT2D eigenvalue weighted by Crippen LogP contribution is -1.85. The largest absolute Gasteiger partial charge is 0.269 e. The van der Waals surface area contributed by atoms with Gasteiger partial charge in [-0.2, -0.15) is 0 Å². The molecule has 0 radical (unpaired) electrons. The van der Waals surface area contributed by atoms with Crippen LogP contribution >= 0.6 is 0 Å². The summed E-state index contributed by atoms with van der Waals surface area (Å²) in [5, 5.41) is 0. The lowest BCUT2D eigenvalue weighted by Gasteiger charge is -1.91. The maximum atomic E-state index is 4.11. The van der Waals surface area contributed by atoms with E-state index in [1.165, 1.54) is 0 Å². The normalized spacial score (nSPS) is 13.0. The molecule has 0 unspecified atom stereocenters. The first-order chi connectivity index (χ1) is 9.25. The van der Waals surface area contributed by atoms with Crippen LogP contribution in [0.15, 0.2) is 41.6 Å². The van der Waals surface area contributed by atoms with Crippen molar-refractivity contribution in [1.29, 1.82) is 0 Å². The van der Waals surface area contributed by atoms with Crippen LogP contribution in [0.3, 0.4) is 0 Å². The zero-order valence-electron chi connectivity index (χ0n) is 14.8. The van der Waals surface area contributed by atoms with Crippen molar-refractivity contribution in [2.75, 3.05) is 0 Å². The van der Waals surface area contributed by atoms with Crippen LogP contribution < -0.4 is 0 Å². The van der Waals surface area contributed by atoms with Crippen LogP contribution in [0.5, 0.6) is 0 Å². The van der Waals surface area contributed by atoms with Gasteiger partial charge < -0.3 is 0 Å². The van der Waals surface area contributed by atoms with Gasteiger partial charge in [0.1, 0.15) is 0 Å². The maximum absolute atomic E-state index is 4.11. The highest BCUT2D eigenvalue weighted by Gasteiger charge is 1.83. The molecular weight excluding hydrogens is 242 g/mol. The summed E-state index contributed by atoms with van der Waals surface area (Å²) >= 11 is 0. The van der Waals surface area contributed by atoms with Gasteiger partial charge in [-0.3, -0.25) is 4.99 Å². The van der Waals surface area contributed by atoms with E-state index < -0.39 is 0 Å². The average molecular weight is 277 g/mol. The van der Waals surface area contributed by atoms with Gasteiger partial charge in [-0.05, 0) is 23.7 Å². The molecule has 0 aromatic carbocycles. The van der Waals surface area contributed by atoms with Crippen molar-refractivity contribution in [2.24, 2.45) is 28.7 Å². The van der Waals surface area contributed by atoms with Crippen LogP contribution in [0.4, 0.5) is 0 Å². The van der Waals surface area contributed by atoms with E-state index in [2.05, 4.69) is 90.8 Å². The van der Waals surface area contributed by atoms with Crippen LogP contribution in [0, 0.1) is 23.7 Å². The topological polar surface area (TPSA) is 12.4 Å². The molecule has 0 aromatic heterocycles. The number of hydrogen-bond acceptors (Lipinski definition) is 1. The molecule has 0 atom stereocenters. The van der Waals surface area contributed by atoms with Gasteiger partial charge in [0.25, 0.3) is 0 Å². The van der Waals surface area contributed by atoms with Gasteiger partial charge in [0.05, 0.1) is 0 Å². The van der Waals surface area contributed by atoms with Crippen LogP contribution in [-0.4, -0.2) is 6.21 Å². The second-order valence-corrected chi connectivity index (χ2v) is 6.39. The molecule has 0 saturated heterocycles.